The number of nitrogens with one attached hydrogen (secondary N) is 2. The van der Waals surface area contributed by atoms with Crippen LogP contribution in [0.25, 0.3) is 0 Å². The van der Waals surface area contributed by atoms with E-state index in [1.807, 2.05) is 26.0 Å². The summed E-state index contributed by atoms with van der Waals surface area (Å²) in [5.41, 5.74) is 5.92. The summed E-state index contributed by atoms with van der Waals surface area (Å²) < 4.78 is 5.86. The number of hydrogen-bond donors (Lipinski definition) is 4. The van der Waals surface area contributed by atoms with Crippen LogP contribution >= 0.6 is 0 Å². The minimum absolute atomic E-state index is 0.0188. The average molecular weight is 435 g/mol. The molecule has 0 aliphatic heterocycles. The molecule has 0 saturated carbocycles. The predicted octanol–water partition coefficient (Wildman–Crippen LogP) is 2.79. The number of nitrogens with zero attached hydrogens (tertiary/aromatic N) is 4. The highest BCUT2D eigenvalue weighted by molar-refractivity contribution is 5.36. The summed E-state index contributed by atoms with van der Waals surface area (Å²) in [6.45, 7) is 4.02. The maximum atomic E-state index is 10.0. The van der Waals surface area contributed by atoms with Gasteiger partial charge >= 0.3 is 0 Å². The van der Waals surface area contributed by atoms with Crippen molar-refractivity contribution in [3.63, 3.8) is 0 Å². The first kappa shape index (κ1) is 21.7. The molecule has 0 radical (unpaired) electrons. The molecular formula is C23H26N6O3. The molecule has 0 aliphatic carbocycles. The maximum absolute atomic E-state index is 10.0. The maximum Gasteiger partial charge on any atom is 0.294 e. The number of aliphatic hydroxyl groups is 2. The summed E-state index contributed by atoms with van der Waals surface area (Å²) in [7, 11) is 0. The number of ether oxygens (including phenoxy) is 1. The third kappa shape index (κ3) is 4.39. The van der Waals surface area contributed by atoms with Gasteiger partial charge in [0.2, 0.25) is 0 Å². The van der Waals surface area contributed by atoms with Gasteiger partial charge in [0.05, 0.1) is 31.4 Å². The van der Waals surface area contributed by atoms with Crippen LogP contribution in [0.1, 0.15) is 65.0 Å². The van der Waals surface area contributed by atoms with Crippen molar-refractivity contribution in [2.45, 2.75) is 45.5 Å². The zero-order chi connectivity index (χ0) is 22.5. The molecule has 0 spiro atoms. The lowest BCUT2D eigenvalue weighted by Crippen LogP contribution is -2.10. The van der Waals surface area contributed by atoms with E-state index >= 15 is 0 Å². The molecule has 0 fully saturated rings. The van der Waals surface area contributed by atoms with Gasteiger partial charge in [-0.1, -0.05) is 13.8 Å². The van der Waals surface area contributed by atoms with Crippen LogP contribution in [0.15, 0.2) is 49.4 Å². The number of rotatable bonds is 9. The van der Waals surface area contributed by atoms with E-state index in [4.69, 9.17) is 4.74 Å². The summed E-state index contributed by atoms with van der Waals surface area (Å²) in [5, 5.41) is 19.6. The standard InChI is InChI=1S/C23H26N6O3/c1-14(17-3-5-24-7-16(17)10-30)21-9-27-23(29-21)32-12-22-19(11-31)18(4-6-26-22)15(2)20-8-25-13-28-20/h3-9,13-15,30-31H,10-12H2,1-2H3,(H,25,28)(H,27,29). The molecule has 4 aromatic rings. The number of aliphatic hydroxyl groups excluding tert-OH is 2. The largest absolute Gasteiger partial charge is 0.458 e. The van der Waals surface area contributed by atoms with Crippen LogP contribution in [-0.4, -0.2) is 40.1 Å². The van der Waals surface area contributed by atoms with Crippen LogP contribution in [0.3, 0.4) is 0 Å². The topological polar surface area (TPSA) is 133 Å². The van der Waals surface area contributed by atoms with Crippen molar-refractivity contribution in [3.05, 3.63) is 88.8 Å². The SMILES string of the molecule is CC(c1cnc(OCc2nccc(C(C)c3cnc[nH]3)c2CO)[nH]1)c1ccncc1CO. The van der Waals surface area contributed by atoms with E-state index in [1.165, 1.54) is 0 Å². The first-order valence-corrected chi connectivity index (χ1v) is 10.4. The third-order valence-electron chi connectivity index (χ3n) is 5.75. The Morgan fingerprint density at radius 2 is 1.72 bits per heavy atom. The fraction of sp³-hybridized carbons (Fsp3) is 0.304. The second-order valence-electron chi connectivity index (χ2n) is 7.60. The Balaban J connectivity index is 1.50. The van der Waals surface area contributed by atoms with Gasteiger partial charge in [0.25, 0.3) is 6.01 Å². The molecule has 4 aromatic heterocycles. The number of hydrogen-bond acceptors (Lipinski definition) is 7. The summed E-state index contributed by atoms with van der Waals surface area (Å²) in [5.74, 6) is 0.00765. The highest BCUT2D eigenvalue weighted by Crippen LogP contribution is 2.28. The molecule has 2 atom stereocenters. The van der Waals surface area contributed by atoms with Crippen LogP contribution in [-0.2, 0) is 19.8 Å². The molecular weight excluding hydrogens is 408 g/mol. The van der Waals surface area contributed by atoms with Gasteiger partial charge in [0, 0.05) is 53.6 Å². The Morgan fingerprint density at radius 1 is 0.906 bits per heavy atom. The quantitative estimate of drug-likeness (QED) is 0.318. The second-order valence-corrected chi connectivity index (χ2v) is 7.60. The molecule has 2 unspecified atom stereocenters. The second kappa shape index (κ2) is 9.71. The molecule has 4 rings (SSSR count). The van der Waals surface area contributed by atoms with Gasteiger partial charge in [-0.25, -0.2) is 9.97 Å². The Bertz CT molecular complexity index is 1160. The van der Waals surface area contributed by atoms with Gasteiger partial charge in [-0.3, -0.25) is 9.97 Å². The number of pyridine rings is 2. The zero-order valence-electron chi connectivity index (χ0n) is 18.0. The van der Waals surface area contributed by atoms with Gasteiger partial charge in [-0.2, -0.15) is 0 Å². The van der Waals surface area contributed by atoms with Crippen molar-refractivity contribution in [1.82, 2.24) is 29.9 Å². The minimum Gasteiger partial charge on any atom is -0.458 e. The van der Waals surface area contributed by atoms with E-state index in [9.17, 15) is 10.2 Å². The van der Waals surface area contributed by atoms with Crippen molar-refractivity contribution in [2.75, 3.05) is 0 Å². The molecule has 9 heteroatoms. The van der Waals surface area contributed by atoms with Gasteiger partial charge < -0.3 is 24.9 Å². The summed E-state index contributed by atoms with van der Waals surface area (Å²) in [4.78, 5) is 23.2. The number of aromatic nitrogens is 6. The van der Waals surface area contributed by atoms with E-state index in [0.717, 1.165) is 33.6 Å². The van der Waals surface area contributed by atoms with Crippen LogP contribution in [0, 0.1) is 0 Å². The first-order chi connectivity index (χ1) is 15.6. The highest BCUT2D eigenvalue weighted by atomic mass is 16.5. The monoisotopic (exact) mass is 434 g/mol. The van der Waals surface area contributed by atoms with Crippen molar-refractivity contribution >= 4 is 0 Å². The third-order valence-corrected chi connectivity index (χ3v) is 5.75. The fourth-order valence-corrected chi connectivity index (χ4v) is 3.84. The van der Waals surface area contributed by atoms with Crippen molar-refractivity contribution in [1.29, 1.82) is 0 Å². The van der Waals surface area contributed by atoms with Gasteiger partial charge in [0.15, 0.2) is 0 Å². The zero-order valence-corrected chi connectivity index (χ0v) is 18.0. The van der Waals surface area contributed by atoms with E-state index in [2.05, 4.69) is 29.9 Å². The van der Waals surface area contributed by atoms with E-state index in [-0.39, 0.29) is 31.7 Å². The first-order valence-electron chi connectivity index (χ1n) is 10.4. The van der Waals surface area contributed by atoms with Gasteiger partial charge in [-0.05, 0) is 28.8 Å². The normalized spacial score (nSPS) is 13.1. The molecule has 0 saturated heterocycles. The highest BCUT2D eigenvalue weighted by Gasteiger charge is 2.19. The summed E-state index contributed by atoms with van der Waals surface area (Å²) in [6.07, 6.45) is 10.2. The van der Waals surface area contributed by atoms with E-state index in [0.29, 0.717) is 11.7 Å². The van der Waals surface area contributed by atoms with Crippen LogP contribution < -0.4 is 4.74 Å². The summed E-state index contributed by atoms with van der Waals surface area (Å²) >= 11 is 0. The summed E-state index contributed by atoms with van der Waals surface area (Å²) in [6, 6.07) is 4.16. The molecule has 0 aromatic carbocycles. The Labute approximate surface area is 185 Å². The molecule has 0 aliphatic rings. The Morgan fingerprint density at radius 3 is 2.47 bits per heavy atom. The molecule has 9 nitrogen and oxygen atoms in total. The average Bonchev–Trinajstić information content (AvgIpc) is 3.54. The fourth-order valence-electron chi connectivity index (χ4n) is 3.84. The van der Waals surface area contributed by atoms with Crippen molar-refractivity contribution in [3.8, 4) is 6.01 Å². The van der Waals surface area contributed by atoms with E-state index in [1.54, 1.807) is 37.3 Å². The van der Waals surface area contributed by atoms with Crippen LogP contribution in [0.5, 0.6) is 6.01 Å². The van der Waals surface area contributed by atoms with Gasteiger partial charge in [0.1, 0.15) is 6.61 Å². The van der Waals surface area contributed by atoms with Crippen molar-refractivity contribution in [2.24, 2.45) is 0 Å². The minimum atomic E-state index is -0.146. The number of H-pyrrole nitrogens is 2. The van der Waals surface area contributed by atoms with Crippen molar-refractivity contribution < 1.29 is 14.9 Å². The Hall–Kier alpha value is -3.56. The Kier molecular flexibility index (Phi) is 6.58. The van der Waals surface area contributed by atoms with Crippen LogP contribution in [0.4, 0.5) is 0 Å². The molecule has 0 amide bonds. The molecule has 166 valence electrons. The van der Waals surface area contributed by atoms with Crippen LogP contribution in [0.2, 0.25) is 0 Å². The number of aromatic amines is 2. The smallest absolute Gasteiger partial charge is 0.294 e. The molecule has 4 N–H and O–H groups in total. The number of imidazole rings is 2. The lowest BCUT2D eigenvalue weighted by molar-refractivity contribution is 0.257. The predicted molar refractivity (Wildman–Crippen MR) is 117 cm³/mol. The lowest BCUT2D eigenvalue weighted by atomic mass is 9.93. The van der Waals surface area contributed by atoms with E-state index < -0.39 is 0 Å². The molecule has 0 bridgehead atoms. The molecule has 4 heterocycles. The van der Waals surface area contributed by atoms with Gasteiger partial charge in [-0.15, -0.1) is 0 Å². The lowest BCUT2D eigenvalue weighted by Gasteiger charge is -2.17. The molecule has 32 heavy (non-hydrogen) atoms.